The Morgan fingerprint density at radius 3 is 2.79 bits per heavy atom. The van der Waals surface area contributed by atoms with Crippen LogP contribution >= 0.6 is 11.3 Å². The van der Waals surface area contributed by atoms with Gasteiger partial charge in [-0.15, -0.1) is 0 Å². The van der Waals surface area contributed by atoms with E-state index in [1.54, 1.807) is 26.3 Å². The molecule has 0 radical (unpaired) electrons. The maximum Gasteiger partial charge on any atom is 0.226 e. The number of fused-ring (bicyclic) bond motifs is 1. The molecule has 2 N–H and O–H groups in total. The fraction of sp³-hybridized carbons (Fsp3) is 0.238. The molecule has 1 aliphatic heterocycles. The first-order valence-corrected chi connectivity index (χ1v) is 9.93. The van der Waals surface area contributed by atoms with E-state index in [-0.39, 0.29) is 24.2 Å². The minimum Gasteiger partial charge on any atom is -0.493 e. The number of aromatic nitrogens is 1. The van der Waals surface area contributed by atoms with Gasteiger partial charge in [0.25, 0.3) is 0 Å². The van der Waals surface area contributed by atoms with E-state index >= 15 is 0 Å². The molecular weight excluding hydrogens is 393 g/mol. The summed E-state index contributed by atoms with van der Waals surface area (Å²) in [5.41, 5.74) is 1.69. The van der Waals surface area contributed by atoms with Gasteiger partial charge >= 0.3 is 0 Å². The highest BCUT2D eigenvalue weighted by Crippen LogP contribution is 2.47. The number of para-hydroxylation sites is 1. The van der Waals surface area contributed by atoms with Gasteiger partial charge in [0.15, 0.2) is 16.6 Å². The molecule has 1 atom stereocenters. The van der Waals surface area contributed by atoms with Gasteiger partial charge in [0, 0.05) is 24.9 Å². The van der Waals surface area contributed by atoms with Gasteiger partial charge in [0.2, 0.25) is 5.91 Å². The van der Waals surface area contributed by atoms with Crippen LogP contribution in [0.25, 0.3) is 0 Å². The number of hydrogen-bond donors (Lipinski definition) is 2. The average molecular weight is 413 g/mol. The second-order valence-electron chi connectivity index (χ2n) is 6.58. The quantitative estimate of drug-likeness (QED) is 0.627. The highest BCUT2D eigenvalue weighted by Gasteiger charge is 2.33. The van der Waals surface area contributed by atoms with Crippen molar-refractivity contribution in [1.82, 2.24) is 4.98 Å². The molecule has 0 bridgehead atoms. The Morgan fingerprint density at radius 2 is 2.07 bits per heavy atom. The summed E-state index contributed by atoms with van der Waals surface area (Å²) in [5, 5.41) is 6.60. The predicted molar refractivity (Wildman–Crippen MR) is 110 cm³/mol. The first kappa shape index (κ1) is 19.2. The number of anilines is 2. The van der Waals surface area contributed by atoms with E-state index < -0.39 is 0 Å². The monoisotopic (exact) mass is 413 g/mol. The molecule has 1 aromatic heterocycles. The van der Waals surface area contributed by atoms with Crippen LogP contribution in [0.1, 0.15) is 28.3 Å². The summed E-state index contributed by atoms with van der Waals surface area (Å²) in [6.07, 6.45) is 0.290. The molecule has 8 heteroatoms. The third-order valence-corrected chi connectivity index (χ3v) is 5.92. The second kappa shape index (κ2) is 8.08. The molecule has 1 unspecified atom stereocenters. The maximum absolute atomic E-state index is 13.2. The number of methoxy groups -OCH3 is 1. The lowest BCUT2D eigenvalue weighted by molar-refractivity contribution is -0.116. The first-order chi connectivity index (χ1) is 14.1. The summed E-state index contributed by atoms with van der Waals surface area (Å²) in [6.45, 7) is 0.254. The third-order valence-electron chi connectivity index (χ3n) is 4.73. The largest absolute Gasteiger partial charge is 0.493 e. The van der Waals surface area contributed by atoms with E-state index in [1.807, 2.05) is 18.2 Å². The highest BCUT2D eigenvalue weighted by molar-refractivity contribution is 7.16. The van der Waals surface area contributed by atoms with Crippen LogP contribution in [-0.2, 0) is 11.4 Å². The number of nitrogens with zero attached hydrogens (tertiary/aromatic N) is 1. The molecule has 150 valence electrons. The number of rotatable bonds is 6. The number of amides is 1. The van der Waals surface area contributed by atoms with Crippen LogP contribution in [0.5, 0.6) is 11.5 Å². The zero-order valence-electron chi connectivity index (χ0n) is 16.0. The summed E-state index contributed by atoms with van der Waals surface area (Å²) in [6, 6.07) is 11.8. The Balaban J connectivity index is 1.71. The molecule has 2 aromatic carbocycles. The Hall–Kier alpha value is -3.13. The summed E-state index contributed by atoms with van der Waals surface area (Å²) in [7, 11) is 3.37. The van der Waals surface area contributed by atoms with Crippen molar-refractivity contribution in [3.63, 3.8) is 0 Å². The van der Waals surface area contributed by atoms with E-state index in [2.05, 4.69) is 15.6 Å². The summed E-state index contributed by atoms with van der Waals surface area (Å²) < 4.78 is 24.8. The fourth-order valence-electron chi connectivity index (χ4n) is 3.34. The van der Waals surface area contributed by atoms with Crippen LogP contribution < -0.4 is 20.1 Å². The first-order valence-electron chi connectivity index (χ1n) is 9.11. The molecule has 29 heavy (non-hydrogen) atoms. The third kappa shape index (κ3) is 3.88. The van der Waals surface area contributed by atoms with Gasteiger partial charge in [0.1, 0.15) is 18.2 Å². The zero-order valence-corrected chi connectivity index (χ0v) is 16.8. The normalized spacial score (nSPS) is 15.4. The lowest BCUT2D eigenvalue weighted by Gasteiger charge is -2.24. The van der Waals surface area contributed by atoms with Crippen LogP contribution in [0.4, 0.5) is 15.3 Å². The van der Waals surface area contributed by atoms with Gasteiger partial charge in [-0.3, -0.25) is 4.79 Å². The highest BCUT2D eigenvalue weighted by atomic mass is 32.1. The van der Waals surface area contributed by atoms with E-state index in [4.69, 9.17) is 9.47 Å². The lowest BCUT2D eigenvalue weighted by Crippen LogP contribution is -2.23. The number of hydrogen-bond acceptors (Lipinski definition) is 6. The number of halogens is 1. The number of carbonyl (C=O) groups is 1. The summed E-state index contributed by atoms with van der Waals surface area (Å²) >= 11 is 1.50. The average Bonchev–Trinajstić information content (AvgIpc) is 3.15. The predicted octanol–water partition coefficient (Wildman–Crippen LogP) is 4.39. The van der Waals surface area contributed by atoms with E-state index in [0.29, 0.717) is 23.7 Å². The van der Waals surface area contributed by atoms with E-state index in [0.717, 1.165) is 21.1 Å². The van der Waals surface area contributed by atoms with Crippen LogP contribution in [-0.4, -0.2) is 25.0 Å². The van der Waals surface area contributed by atoms with Crippen molar-refractivity contribution in [3.8, 4) is 11.5 Å². The van der Waals surface area contributed by atoms with Crippen molar-refractivity contribution in [2.45, 2.75) is 18.9 Å². The SMILES string of the molecule is CNc1nc2c(s1)C(c1cccc(OC)c1OCc1ccc(F)cc1)CC(=O)N2. The van der Waals surface area contributed by atoms with Gasteiger partial charge in [-0.05, 0) is 23.8 Å². The topological polar surface area (TPSA) is 72.5 Å². The molecule has 1 aliphatic rings. The fourth-order valence-corrected chi connectivity index (χ4v) is 4.33. The Morgan fingerprint density at radius 1 is 1.28 bits per heavy atom. The van der Waals surface area contributed by atoms with Crippen LogP contribution in [0.2, 0.25) is 0 Å². The molecule has 1 amide bonds. The number of carbonyl (C=O) groups excluding carboxylic acids is 1. The molecule has 3 aromatic rings. The minimum absolute atomic E-state index is 0.0947. The number of nitrogens with one attached hydrogen (secondary N) is 2. The van der Waals surface area contributed by atoms with E-state index in [9.17, 15) is 9.18 Å². The van der Waals surface area contributed by atoms with Gasteiger partial charge in [0.05, 0.1) is 12.0 Å². The molecule has 0 fully saturated rings. The molecule has 0 aliphatic carbocycles. The Kier molecular flexibility index (Phi) is 5.35. The summed E-state index contributed by atoms with van der Waals surface area (Å²) in [4.78, 5) is 17.7. The van der Waals surface area contributed by atoms with Crippen molar-refractivity contribution in [1.29, 1.82) is 0 Å². The zero-order chi connectivity index (χ0) is 20.4. The molecule has 0 saturated carbocycles. The smallest absolute Gasteiger partial charge is 0.226 e. The molecule has 2 heterocycles. The van der Waals surface area contributed by atoms with Gasteiger partial charge in [-0.2, -0.15) is 0 Å². The molecule has 6 nitrogen and oxygen atoms in total. The van der Waals surface area contributed by atoms with Gasteiger partial charge < -0.3 is 20.1 Å². The van der Waals surface area contributed by atoms with Gasteiger partial charge in [-0.25, -0.2) is 9.37 Å². The second-order valence-corrected chi connectivity index (χ2v) is 7.61. The standard InChI is InChI=1S/C21H20FN3O3S/c1-23-21-25-20-19(29-21)15(10-17(26)24-20)14-4-3-5-16(27-2)18(14)28-11-12-6-8-13(22)9-7-12/h3-9,15H,10-11H2,1-2H3,(H,23,25)(H,24,26). The van der Waals surface area contributed by atoms with Gasteiger partial charge in [-0.1, -0.05) is 35.6 Å². The maximum atomic E-state index is 13.2. The van der Waals surface area contributed by atoms with Crippen molar-refractivity contribution in [2.24, 2.45) is 0 Å². The number of thiazole rings is 1. The molecule has 0 saturated heterocycles. The van der Waals surface area contributed by atoms with Crippen molar-refractivity contribution < 1.29 is 18.7 Å². The van der Waals surface area contributed by atoms with Crippen molar-refractivity contribution in [3.05, 3.63) is 64.3 Å². The van der Waals surface area contributed by atoms with Crippen molar-refractivity contribution >= 4 is 28.2 Å². The molecular formula is C21H20FN3O3S. The Bertz CT molecular complexity index is 1040. The lowest BCUT2D eigenvalue weighted by atomic mass is 9.90. The molecule has 0 spiro atoms. The van der Waals surface area contributed by atoms with Crippen LogP contribution in [0.3, 0.4) is 0 Å². The minimum atomic E-state index is -0.294. The number of ether oxygens (including phenoxy) is 2. The Labute approximate surface area is 171 Å². The van der Waals surface area contributed by atoms with E-state index in [1.165, 1.54) is 23.5 Å². The van der Waals surface area contributed by atoms with Crippen LogP contribution in [0.15, 0.2) is 42.5 Å². The number of benzene rings is 2. The van der Waals surface area contributed by atoms with Crippen LogP contribution in [0, 0.1) is 5.82 Å². The molecule has 4 rings (SSSR count). The van der Waals surface area contributed by atoms with Crippen molar-refractivity contribution in [2.75, 3.05) is 24.8 Å². The summed E-state index contributed by atoms with van der Waals surface area (Å²) in [5.74, 6) is 1.14.